The number of nitrogens with two attached hydrogens (primary N) is 1. The molecule has 0 atom stereocenters. The lowest BCUT2D eigenvalue weighted by Gasteiger charge is -2.17. The van der Waals surface area contributed by atoms with Crippen LogP contribution in [-0.4, -0.2) is 0 Å². The van der Waals surface area contributed by atoms with E-state index in [0.29, 0.717) is 22.6 Å². The van der Waals surface area contributed by atoms with Crippen molar-refractivity contribution in [2.24, 2.45) is 0 Å². The second-order valence-corrected chi connectivity index (χ2v) is 4.99. The van der Waals surface area contributed by atoms with Crippen molar-refractivity contribution >= 4 is 17.1 Å². The SMILES string of the molecule is [2H]C([2H])([2H])c1cccc(C([2H])([2H])[2H])c1-c1ccccc1Nc1ccccc1N. The first kappa shape index (κ1) is 8.64. The van der Waals surface area contributed by atoms with E-state index in [9.17, 15) is 0 Å². The summed E-state index contributed by atoms with van der Waals surface area (Å²) in [5.74, 6) is 0. The second kappa shape index (κ2) is 5.94. The standard InChI is InChI=1S/C20H20N2/c1-14-8-7-9-15(2)20(14)16-10-3-5-12-18(16)22-19-13-6-4-11-17(19)21/h3-13,22H,21H2,1-2H3/i1D3,2D3. The molecule has 22 heavy (non-hydrogen) atoms. The number of para-hydroxylation sites is 3. The highest BCUT2D eigenvalue weighted by atomic mass is 14.9. The van der Waals surface area contributed by atoms with Crippen molar-refractivity contribution < 1.29 is 8.22 Å². The smallest absolute Gasteiger partial charge is 0.0618 e. The molecule has 0 fully saturated rings. The Morgan fingerprint density at radius 2 is 1.41 bits per heavy atom. The molecule has 3 N–H and O–H groups in total. The van der Waals surface area contributed by atoms with Gasteiger partial charge in [-0.15, -0.1) is 0 Å². The highest BCUT2D eigenvalue weighted by Crippen LogP contribution is 2.35. The van der Waals surface area contributed by atoms with Crippen molar-refractivity contribution in [1.29, 1.82) is 0 Å². The third kappa shape index (κ3) is 2.68. The Balaban J connectivity index is 2.26. The molecule has 3 rings (SSSR count). The summed E-state index contributed by atoms with van der Waals surface area (Å²) in [7, 11) is 0. The molecule has 0 amide bonds. The monoisotopic (exact) mass is 294 g/mol. The number of nitrogens with one attached hydrogen (secondary N) is 1. The molecule has 0 unspecified atom stereocenters. The summed E-state index contributed by atoms with van der Waals surface area (Å²) in [6.45, 7) is -4.93. The van der Waals surface area contributed by atoms with Crippen LogP contribution in [0.3, 0.4) is 0 Å². The summed E-state index contributed by atoms with van der Waals surface area (Å²) in [6, 6.07) is 18.6. The van der Waals surface area contributed by atoms with E-state index in [0.717, 1.165) is 0 Å². The summed E-state index contributed by atoms with van der Waals surface area (Å²) in [5.41, 5.74) is 8.44. The van der Waals surface area contributed by atoms with Gasteiger partial charge in [0, 0.05) is 19.5 Å². The Morgan fingerprint density at radius 1 is 0.773 bits per heavy atom. The molecule has 0 radical (unpaired) electrons. The average Bonchev–Trinajstić information content (AvgIpc) is 2.62. The van der Waals surface area contributed by atoms with Gasteiger partial charge >= 0.3 is 0 Å². The van der Waals surface area contributed by atoms with E-state index in [-0.39, 0.29) is 16.7 Å². The van der Waals surface area contributed by atoms with Crippen LogP contribution in [0.25, 0.3) is 11.1 Å². The first-order valence-electron chi connectivity index (χ1n) is 9.94. The molecule has 0 spiro atoms. The number of nitrogen functional groups attached to an aromatic ring is 1. The van der Waals surface area contributed by atoms with Gasteiger partial charge in [0.2, 0.25) is 0 Å². The lowest BCUT2D eigenvalue weighted by atomic mass is 9.94. The molecule has 0 saturated heterocycles. The topological polar surface area (TPSA) is 38.0 Å². The molecule has 0 saturated carbocycles. The van der Waals surface area contributed by atoms with E-state index in [1.165, 1.54) is 18.2 Å². The molecule has 2 heteroatoms. The molecular weight excluding hydrogens is 268 g/mol. The van der Waals surface area contributed by atoms with E-state index in [4.69, 9.17) is 14.0 Å². The first-order valence-corrected chi connectivity index (χ1v) is 6.94. The van der Waals surface area contributed by atoms with Gasteiger partial charge in [0.15, 0.2) is 0 Å². The van der Waals surface area contributed by atoms with E-state index in [1.54, 1.807) is 36.4 Å². The van der Waals surface area contributed by atoms with Crippen molar-refractivity contribution in [1.82, 2.24) is 0 Å². The lowest BCUT2D eigenvalue weighted by molar-refractivity contribution is 1.37. The summed E-state index contributed by atoms with van der Waals surface area (Å²) in [4.78, 5) is 0. The van der Waals surface area contributed by atoms with Crippen LogP contribution < -0.4 is 11.1 Å². The van der Waals surface area contributed by atoms with Crippen molar-refractivity contribution in [3.63, 3.8) is 0 Å². The summed E-state index contributed by atoms with van der Waals surface area (Å²) < 4.78 is 47.4. The zero-order valence-corrected chi connectivity index (χ0v) is 11.9. The minimum absolute atomic E-state index is 0.00333. The zero-order valence-electron chi connectivity index (χ0n) is 17.9. The molecule has 2 nitrogen and oxygen atoms in total. The van der Waals surface area contributed by atoms with Crippen molar-refractivity contribution in [3.8, 4) is 11.1 Å². The Labute approximate surface area is 140 Å². The quantitative estimate of drug-likeness (QED) is 0.644. The van der Waals surface area contributed by atoms with Gasteiger partial charge in [0.25, 0.3) is 0 Å². The summed E-state index contributed by atoms with van der Waals surface area (Å²) >= 11 is 0. The van der Waals surface area contributed by atoms with Crippen LogP contribution in [0.5, 0.6) is 0 Å². The van der Waals surface area contributed by atoms with Crippen LogP contribution in [-0.2, 0) is 0 Å². The molecule has 0 aliphatic carbocycles. The van der Waals surface area contributed by atoms with Crippen molar-refractivity contribution in [3.05, 3.63) is 77.9 Å². The Kier molecular flexibility index (Phi) is 2.33. The largest absolute Gasteiger partial charge is 0.397 e. The maximum Gasteiger partial charge on any atom is 0.0618 e. The van der Waals surface area contributed by atoms with Crippen molar-refractivity contribution in [2.75, 3.05) is 11.1 Å². The van der Waals surface area contributed by atoms with E-state index in [2.05, 4.69) is 5.32 Å². The van der Waals surface area contributed by atoms with Crippen molar-refractivity contribution in [2.45, 2.75) is 13.7 Å². The van der Waals surface area contributed by atoms with Crippen LogP contribution in [0.2, 0.25) is 0 Å². The molecule has 0 aliphatic heterocycles. The summed E-state index contributed by atoms with van der Waals surface area (Å²) in [6.07, 6.45) is 0. The first-order chi connectivity index (χ1) is 13.1. The predicted molar refractivity (Wildman–Crippen MR) is 95.5 cm³/mol. The van der Waals surface area contributed by atoms with E-state index >= 15 is 0 Å². The third-order valence-corrected chi connectivity index (χ3v) is 3.49. The molecule has 110 valence electrons. The highest BCUT2D eigenvalue weighted by molar-refractivity contribution is 5.86. The van der Waals surface area contributed by atoms with Crippen LogP contribution in [0, 0.1) is 13.7 Å². The fourth-order valence-corrected chi connectivity index (χ4v) is 2.41. The molecular formula is C20H20N2. The minimum atomic E-state index is -2.46. The molecule has 0 aromatic heterocycles. The van der Waals surface area contributed by atoms with Crippen LogP contribution in [0.15, 0.2) is 66.7 Å². The van der Waals surface area contributed by atoms with E-state index in [1.807, 2.05) is 12.1 Å². The molecule has 0 bridgehead atoms. The lowest BCUT2D eigenvalue weighted by Crippen LogP contribution is -1.98. The van der Waals surface area contributed by atoms with Gasteiger partial charge in [-0.3, -0.25) is 0 Å². The molecule has 3 aromatic carbocycles. The summed E-state index contributed by atoms with van der Waals surface area (Å²) in [5, 5.41) is 3.20. The molecule has 0 heterocycles. The molecule has 3 aromatic rings. The number of aryl methyl sites for hydroxylation is 2. The maximum atomic E-state index is 7.90. The number of benzene rings is 3. The average molecular weight is 294 g/mol. The van der Waals surface area contributed by atoms with Gasteiger partial charge < -0.3 is 11.1 Å². The number of hydrogen-bond donors (Lipinski definition) is 2. The van der Waals surface area contributed by atoms with Gasteiger partial charge in [-0.05, 0) is 48.6 Å². The van der Waals surface area contributed by atoms with E-state index < -0.39 is 13.7 Å². The van der Waals surface area contributed by atoms with Gasteiger partial charge in [-0.2, -0.15) is 0 Å². The fourth-order valence-electron chi connectivity index (χ4n) is 2.41. The Morgan fingerprint density at radius 3 is 2.09 bits per heavy atom. The van der Waals surface area contributed by atoms with Crippen LogP contribution in [0.1, 0.15) is 19.4 Å². The third-order valence-electron chi connectivity index (χ3n) is 3.49. The van der Waals surface area contributed by atoms with Gasteiger partial charge in [-0.25, -0.2) is 0 Å². The van der Waals surface area contributed by atoms with Crippen LogP contribution in [0.4, 0.5) is 17.1 Å². The maximum absolute atomic E-state index is 7.90. The fraction of sp³-hybridized carbons (Fsp3) is 0.100. The highest BCUT2D eigenvalue weighted by Gasteiger charge is 2.10. The number of rotatable bonds is 3. The molecule has 0 aliphatic rings. The minimum Gasteiger partial charge on any atom is -0.397 e. The van der Waals surface area contributed by atoms with Gasteiger partial charge in [-0.1, -0.05) is 48.5 Å². The Hall–Kier alpha value is -2.74. The van der Waals surface area contributed by atoms with Crippen LogP contribution >= 0.6 is 0 Å². The Bertz CT molecular complexity index is 960. The number of hydrogen-bond acceptors (Lipinski definition) is 2. The predicted octanol–water partition coefficient (Wildman–Crippen LogP) is 5.30. The second-order valence-electron chi connectivity index (χ2n) is 4.99. The van der Waals surface area contributed by atoms with Gasteiger partial charge in [0.05, 0.1) is 11.4 Å². The van der Waals surface area contributed by atoms with Gasteiger partial charge in [0.1, 0.15) is 0 Å². The normalized spacial score (nSPS) is 15.6. The number of anilines is 3. The zero-order chi connectivity index (χ0) is 20.5.